The van der Waals surface area contributed by atoms with E-state index in [-0.39, 0.29) is 30.1 Å². The predicted molar refractivity (Wildman–Crippen MR) is 89.0 cm³/mol. The highest BCUT2D eigenvalue weighted by molar-refractivity contribution is 5.94. The second-order valence-electron chi connectivity index (χ2n) is 6.12. The van der Waals surface area contributed by atoms with Crippen molar-refractivity contribution < 1.29 is 13.9 Å². The number of nitrogens with zero attached hydrogens (tertiary/aromatic N) is 1. The highest BCUT2D eigenvalue weighted by Gasteiger charge is 2.21. The Morgan fingerprint density at radius 2 is 1.96 bits per heavy atom. The van der Waals surface area contributed by atoms with Crippen molar-refractivity contribution in [3.8, 4) is 5.75 Å². The number of nitrogens with two attached hydrogens (primary N) is 3. The Morgan fingerprint density at radius 1 is 1.30 bits per heavy atom. The quantitative estimate of drug-likeness (QED) is 0.544. The number of aliphatic imine (C=N–C) groups is 1. The summed E-state index contributed by atoms with van der Waals surface area (Å²) in [5, 5.41) is 0. The topological polar surface area (TPSA) is 117 Å². The molecule has 0 radical (unpaired) electrons. The van der Waals surface area contributed by atoms with E-state index in [1.807, 2.05) is 20.8 Å². The minimum absolute atomic E-state index is 0.00716. The summed E-state index contributed by atoms with van der Waals surface area (Å²) in [6.45, 7) is 5.90. The summed E-state index contributed by atoms with van der Waals surface area (Å²) < 4.78 is 18.3. The van der Waals surface area contributed by atoms with Crippen molar-refractivity contribution in [2.24, 2.45) is 22.2 Å². The monoisotopic (exact) mass is 322 g/mol. The number of carbonyl (C=O) groups is 1. The Hall–Kier alpha value is -2.57. The van der Waals surface area contributed by atoms with Crippen LogP contribution in [-0.4, -0.2) is 25.0 Å². The fraction of sp³-hybridized carbons (Fsp3) is 0.375. The number of guanidine groups is 1. The molecule has 1 amide bonds. The average Bonchev–Trinajstić information content (AvgIpc) is 2.45. The van der Waals surface area contributed by atoms with Crippen molar-refractivity contribution in [3.63, 3.8) is 0 Å². The predicted octanol–water partition coefficient (Wildman–Crippen LogP) is 1.59. The van der Waals surface area contributed by atoms with Crippen molar-refractivity contribution in [1.82, 2.24) is 0 Å². The van der Waals surface area contributed by atoms with E-state index in [9.17, 15) is 9.18 Å². The van der Waals surface area contributed by atoms with E-state index in [4.69, 9.17) is 21.9 Å². The lowest BCUT2D eigenvalue weighted by atomic mass is 9.83. The normalized spacial score (nSPS) is 11.9. The van der Waals surface area contributed by atoms with Crippen molar-refractivity contribution in [3.05, 3.63) is 41.2 Å². The molecule has 1 rings (SSSR count). The molecule has 0 saturated heterocycles. The van der Waals surface area contributed by atoms with E-state index in [0.717, 1.165) is 5.56 Å². The number of halogens is 1. The third kappa shape index (κ3) is 5.61. The minimum Gasteiger partial charge on any atom is -0.489 e. The Kier molecular flexibility index (Phi) is 6.12. The van der Waals surface area contributed by atoms with Gasteiger partial charge in [-0.15, -0.1) is 0 Å². The molecule has 126 valence electrons. The molecule has 0 atom stereocenters. The van der Waals surface area contributed by atoms with E-state index in [2.05, 4.69) is 4.99 Å². The van der Waals surface area contributed by atoms with Gasteiger partial charge in [-0.05, 0) is 29.2 Å². The summed E-state index contributed by atoms with van der Waals surface area (Å²) in [6.07, 6.45) is 0.412. The van der Waals surface area contributed by atoms with Gasteiger partial charge in [0.1, 0.15) is 12.4 Å². The van der Waals surface area contributed by atoms with Crippen LogP contribution in [0.25, 0.3) is 0 Å². The molecule has 0 unspecified atom stereocenters. The summed E-state index contributed by atoms with van der Waals surface area (Å²) in [5.41, 5.74) is 17.0. The summed E-state index contributed by atoms with van der Waals surface area (Å²) in [7, 11) is 0. The Morgan fingerprint density at radius 3 is 2.43 bits per heavy atom. The molecular weight excluding hydrogens is 299 g/mol. The first-order chi connectivity index (χ1) is 10.6. The zero-order valence-corrected chi connectivity index (χ0v) is 13.6. The fourth-order valence-electron chi connectivity index (χ4n) is 1.93. The molecule has 0 bridgehead atoms. The molecule has 0 fully saturated rings. The number of hydrogen-bond acceptors (Lipinski definition) is 3. The molecule has 1 aromatic rings. The zero-order valence-electron chi connectivity index (χ0n) is 13.6. The van der Waals surface area contributed by atoms with Crippen molar-refractivity contribution in [2.45, 2.75) is 26.2 Å². The summed E-state index contributed by atoms with van der Waals surface area (Å²) in [4.78, 5) is 15.3. The summed E-state index contributed by atoms with van der Waals surface area (Å²) >= 11 is 0. The van der Waals surface area contributed by atoms with Gasteiger partial charge in [0.2, 0.25) is 5.91 Å². The van der Waals surface area contributed by atoms with E-state index in [1.165, 1.54) is 0 Å². The molecule has 0 aromatic heterocycles. The maximum Gasteiger partial charge on any atom is 0.249 e. The van der Waals surface area contributed by atoms with Gasteiger partial charge in [0.05, 0.1) is 12.9 Å². The van der Waals surface area contributed by atoms with E-state index < -0.39 is 5.91 Å². The average molecular weight is 322 g/mol. The number of benzene rings is 1. The Bertz CT molecular complexity index is 629. The second kappa shape index (κ2) is 7.62. The molecular formula is C16H23FN4O2. The summed E-state index contributed by atoms with van der Waals surface area (Å²) in [5.74, 6) is -0.118. The lowest BCUT2D eigenvalue weighted by Crippen LogP contribution is -2.23. The van der Waals surface area contributed by atoms with Crippen LogP contribution in [0, 0.1) is 0 Å². The highest BCUT2D eigenvalue weighted by atomic mass is 19.1. The number of hydrogen-bond donors (Lipinski definition) is 3. The van der Waals surface area contributed by atoms with Gasteiger partial charge in [-0.1, -0.05) is 20.8 Å². The molecule has 6 N–H and O–H groups in total. The van der Waals surface area contributed by atoms with E-state index in [0.29, 0.717) is 17.6 Å². The van der Waals surface area contributed by atoms with Crippen molar-refractivity contribution in [2.75, 3.05) is 13.2 Å². The molecule has 1 aromatic carbocycles. The number of ether oxygens (including phenoxy) is 1. The Labute approximate surface area is 135 Å². The highest BCUT2D eigenvalue weighted by Crippen LogP contribution is 2.29. The summed E-state index contributed by atoms with van der Waals surface area (Å²) in [6, 6.07) is 4.95. The molecule has 0 saturated carbocycles. The van der Waals surface area contributed by atoms with Crippen LogP contribution in [0.3, 0.4) is 0 Å². The first kappa shape index (κ1) is 18.5. The first-order valence-electron chi connectivity index (χ1n) is 7.05. The number of carbonyl (C=O) groups excluding carboxylic acids is 1. The molecule has 0 aliphatic rings. The first-order valence-corrected chi connectivity index (χ1v) is 7.05. The van der Waals surface area contributed by atoms with Crippen LogP contribution >= 0.6 is 0 Å². The molecule has 23 heavy (non-hydrogen) atoms. The van der Waals surface area contributed by atoms with Gasteiger partial charge in [0.15, 0.2) is 5.96 Å². The van der Waals surface area contributed by atoms with Gasteiger partial charge in [0, 0.05) is 11.1 Å². The van der Waals surface area contributed by atoms with Crippen molar-refractivity contribution in [1.29, 1.82) is 0 Å². The van der Waals surface area contributed by atoms with Crippen LogP contribution in [0.2, 0.25) is 0 Å². The molecule has 0 spiro atoms. The number of primary amides is 1. The molecule has 7 heteroatoms. The smallest absolute Gasteiger partial charge is 0.249 e. The van der Waals surface area contributed by atoms with Crippen molar-refractivity contribution >= 4 is 11.9 Å². The maximum absolute atomic E-state index is 12.8. The van der Waals surface area contributed by atoms with Crippen LogP contribution in [-0.2, 0) is 5.41 Å². The minimum atomic E-state index is -0.501. The maximum atomic E-state index is 12.8. The van der Waals surface area contributed by atoms with Gasteiger partial charge in [-0.25, -0.2) is 9.38 Å². The van der Waals surface area contributed by atoms with Gasteiger partial charge in [-0.3, -0.25) is 4.79 Å². The van der Waals surface area contributed by atoms with Gasteiger partial charge < -0.3 is 21.9 Å². The number of amides is 1. The number of rotatable bonds is 6. The standard InChI is InChI=1S/C16H23FN4O2/c1-16(2,3)13-6-11(4-5-12(13)14(18)22)23-9-10(7-17)8-21-15(19)20/h4-7H,8-9H2,1-3H3,(H2,18,22)(H4,19,20,21)/b10-7-. The van der Waals surface area contributed by atoms with Gasteiger partial charge in [-0.2, -0.15) is 0 Å². The lowest BCUT2D eigenvalue weighted by Gasteiger charge is -2.22. The van der Waals surface area contributed by atoms with Gasteiger partial charge in [0.25, 0.3) is 0 Å². The van der Waals surface area contributed by atoms with E-state index >= 15 is 0 Å². The third-order valence-corrected chi connectivity index (χ3v) is 3.11. The van der Waals surface area contributed by atoms with Crippen LogP contribution in [0.5, 0.6) is 5.75 Å². The Balaban J connectivity index is 2.94. The molecule has 0 heterocycles. The van der Waals surface area contributed by atoms with Crippen LogP contribution in [0.4, 0.5) is 4.39 Å². The van der Waals surface area contributed by atoms with Crippen LogP contribution in [0.1, 0.15) is 36.7 Å². The van der Waals surface area contributed by atoms with Crippen LogP contribution in [0.15, 0.2) is 35.1 Å². The molecule has 0 aliphatic heterocycles. The zero-order chi connectivity index (χ0) is 17.6. The second-order valence-corrected chi connectivity index (χ2v) is 6.12. The van der Waals surface area contributed by atoms with E-state index in [1.54, 1.807) is 18.2 Å². The largest absolute Gasteiger partial charge is 0.489 e. The molecule has 6 nitrogen and oxygen atoms in total. The lowest BCUT2D eigenvalue weighted by molar-refractivity contribution is 0.0998. The molecule has 0 aliphatic carbocycles. The van der Waals surface area contributed by atoms with Gasteiger partial charge >= 0.3 is 0 Å². The third-order valence-electron chi connectivity index (χ3n) is 3.11. The van der Waals surface area contributed by atoms with Crippen LogP contribution < -0.4 is 21.9 Å². The fourth-order valence-corrected chi connectivity index (χ4v) is 1.93. The SMILES string of the molecule is CC(C)(C)c1cc(OC/C(=C\F)CN=C(N)N)ccc1C(N)=O.